The normalized spacial score (nSPS) is 21.3. The lowest BCUT2D eigenvalue weighted by Crippen LogP contribution is -2.31. The molecular formula is C24H21F2N3O. The van der Waals surface area contributed by atoms with E-state index >= 15 is 0 Å². The summed E-state index contributed by atoms with van der Waals surface area (Å²) in [5.74, 6) is -1.51. The number of rotatable bonds is 4. The minimum Gasteiger partial charge on any atom is -0.411 e. The molecule has 1 unspecified atom stereocenters. The van der Waals surface area contributed by atoms with E-state index in [4.69, 9.17) is 0 Å². The highest BCUT2D eigenvalue weighted by Crippen LogP contribution is 2.43. The monoisotopic (exact) mass is 405 g/mol. The summed E-state index contributed by atoms with van der Waals surface area (Å²) in [6, 6.07) is 13.8. The molecule has 4 nitrogen and oxygen atoms in total. The third-order valence-corrected chi connectivity index (χ3v) is 6.44. The first-order valence-electron chi connectivity index (χ1n) is 10.1. The highest BCUT2D eigenvalue weighted by Gasteiger charge is 2.38. The molecule has 0 radical (unpaired) electrons. The summed E-state index contributed by atoms with van der Waals surface area (Å²) < 4.78 is 27.8. The van der Waals surface area contributed by atoms with Crippen LogP contribution in [0.5, 0.6) is 0 Å². The van der Waals surface area contributed by atoms with Gasteiger partial charge in [0.05, 0.1) is 0 Å². The van der Waals surface area contributed by atoms with Gasteiger partial charge >= 0.3 is 0 Å². The summed E-state index contributed by atoms with van der Waals surface area (Å²) in [6.45, 7) is 0. The fourth-order valence-corrected chi connectivity index (χ4v) is 4.54. The fraction of sp³-hybridized carbons (Fsp3) is 0.250. The zero-order valence-corrected chi connectivity index (χ0v) is 16.3. The molecule has 0 amide bonds. The first-order chi connectivity index (χ1) is 14.6. The van der Waals surface area contributed by atoms with Gasteiger partial charge in [0.25, 0.3) is 0 Å². The molecule has 3 aromatic rings. The highest BCUT2D eigenvalue weighted by atomic mass is 19.2. The lowest BCUT2D eigenvalue weighted by Gasteiger charge is -2.34. The predicted molar refractivity (Wildman–Crippen MR) is 111 cm³/mol. The van der Waals surface area contributed by atoms with Crippen molar-refractivity contribution in [3.05, 3.63) is 94.3 Å². The number of halogens is 2. The largest absolute Gasteiger partial charge is 0.411 e. The molecule has 5 rings (SSSR count). The van der Waals surface area contributed by atoms with Crippen molar-refractivity contribution in [1.82, 2.24) is 10.2 Å². The number of oxime groups is 1. The van der Waals surface area contributed by atoms with Crippen molar-refractivity contribution in [2.75, 3.05) is 0 Å². The van der Waals surface area contributed by atoms with Gasteiger partial charge in [-0.1, -0.05) is 60.1 Å². The van der Waals surface area contributed by atoms with Crippen LogP contribution in [0.25, 0.3) is 6.08 Å². The maximum Gasteiger partial charge on any atom is 0.159 e. The molecule has 1 aromatic heterocycles. The molecule has 0 bridgehead atoms. The number of allylic oxidation sites excluding steroid dienone is 1. The van der Waals surface area contributed by atoms with E-state index in [9.17, 15) is 14.0 Å². The van der Waals surface area contributed by atoms with Gasteiger partial charge in [0.2, 0.25) is 0 Å². The van der Waals surface area contributed by atoms with Gasteiger partial charge in [0, 0.05) is 29.0 Å². The molecule has 2 aromatic carbocycles. The van der Waals surface area contributed by atoms with E-state index in [-0.39, 0.29) is 5.92 Å². The van der Waals surface area contributed by atoms with Crippen LogP contribution in [0.3, 0.4) is 0 Å². The Morgan fingerprint density at radius 2 is 1.87 bits per heavy atom. The SMILES string of the molecule is ON=C(c1n[nH]c2c1C=CC(c1ccccc1)(c1ccc(F)c(F)c1)C2)C1CCC1. The van der Waals surface area contributed by atoms with E-state index in [1.807, 2.05) is 42.5 Å². The average Bonchev–Trinajstić information content (AvgIpc) is 3.15. The Hall–Kier alpha value is -3.28. The number of aromatic amines is 1. The molecule has 0 spiro atoms. The van der Waals surface area contributed by atoms with E-state index in [1.165, 1.54) is 12.1 Å². The van der Waals surface area contributed by atoms with Crippen LogP contribution >= 0.6 is 0 Å². The van der Waals surface area contributed by atoms with E-state index in [0.29, 0.717) is 23.4 Å². The van der Waals surface area contributed by atoms with Crippen molar-refractivity contribution in [2.45, 2.75) is 31.1 Å². The van der Waals surface area contributed by atoms with Crippen LogP contribution in [0.1, 0.15) is 47.3 Å². The van der Waals surface area contributed by atoms with Crippen LogP contribution in [0.15, 0.2) is 59.8 Å². The maximum atomic E-state index is 14.1. The van der Waals surface area contributed by atoms with Gasteiger partial charge in [-0.2, -0.15) is 5.10 Å². The molecule has 2 N–H and O–H groups in total. The average molecular weight is 405 g/mol. The van der Waals surface area contributed by atoms with Crippen molar-refractivity contribution < 1.29 is 14.0 Å². The minimum absolute atomic E-state index is 0.225. The standard InChI is InChI=1S/C24H21F2N3O/c25-19-10-9-17(13-20(19)26)24(16-7-2-1-3-8-16)12-11-18-21(14-24)27-28-23(18)22(29-30)15-5-4-6-15/h1-3,7-13,15,30H,4-6,14H2,(H,27,28). The van der Waals surface area contributed by atoms with Gasteiger partial charge in [-0.3, -0.25) is 5.10 Å². The van der Waals surface area contributed by atoms with Gasteiger partial charge in [-0.15, -0.1) is 0 Å². The molecule has 152 valence electrons. The fourth-order valence-electron chi connectivity index (χ4n) is 4.54. The Morgan fingerprint density at radius 1 is 1.07 bits per heavy atom. The Bertz CT molecular complexity index is 1150. The summed E-state index contributed by atoms with van der Waals surface area (Å²) in [5, 5.41) is 20.7. The minimum atomic E-state index is -0.869. The topological polar surface area (TPSA) is 61.3 Å². The van der Waals surface area contributed by atoms with Crippen LogP contribution in [0.2, 0.25) is 0 Å². The number of hydrogen-bond acceptors (Lipinski definition) is 3. The van der Waals surface area contributed by atoms with E-state index in [2.05, 4.69) is 15.4 Å². The van der Waals surface area contributed by atoms with Crippen molar-refractivity contribution >= 4 is 11.8 Å². The van der Waals surface area contributed by atoms with Crippen molar-refractivity contribution in [3.63, 3.8) is 0 Å². The summed E-state index contributed by atoms with van der Waals surface area (Å²) in [6.07, 6.45) is 7.59. The van der Waals surface area contributed by atoms with Gasteiger partial charge in [0.1, 0.15) is 11.4 Å². The van der Waals surface area contributed by atoms with Gasteiger partial charge in [-0.05, 0) is 36.1 Å². The van der Waals surface area contributed by atoms with Crippen LogP contribution in [-0.2, 0) is 11.8 Å². The second-order valence-corrected chi connectivity index (χ2v) is 8.05. The number of benzene rings is 2. The highest BCUT2D eigenvalue weighted by molar-refractivity contribution is 6.04. The van der Waals surface area contributed by atoms with Crippen molar-refractivity contribution in [1.29, 1.82) is 0 Å². The summed E-state index contributed by atoms with van der Waals surface area (Å²) in [5.41, 5.74) is 4.03. The van der Waals surface area contributed by atoms with E-state index < -0.39 is 17.0 Å². The number of hydrogen-bond donors (Lipinski definition) is 2. The zero-order chi connectivity index (χ0) is 20.7. The number of nitrogens with one attached hydrogen (secondary N) is 1. The molecule has 30 heavy (non-hydrogen) atoms. The molecule has 1 heterocycles. The Kier molecular flexibility index (Phi) is 4.50. The van der Waals surface area contributed by atoms with Crippen LogP contribution in [0, 0.1) is 17.6 Å². The van der Waals surface area contributed by atoms with Gasteiger partial charge in [0.15, 0.2) is 11.6 Å². The van der Waals surface area contributed by atoms with Crippen LogP contribution < -0.4 is 0 Å². The molecule has 0 aliphatic heterocycles. The Morgan fingerprint density at radius 3 is 2.53 bits per heavy atom. The van der Waals surface area contributed by atoms with Gasteiger partial charge in [-0.25, -0.2) is 8.78 Å². The smallest absolute Gasteiger partial charge is 0.159 e. The first-order valence-corrected chi connectivity index (χ1v) is 10.1. The number of nitrogens with zero attached hydrogens (tertiary/aromatic N) is 2. The van der Waals surface area contributed by atoms with Crippen molar-refractivity contribution in [3.8, 4) is 0 Å². The lowest BCUT2D eigenvalue weighted by atomic mass is 9.68. The molecular weight excluding hydrogens is 384 g/mol. The van der Waals surface area contributed by atoms with Gasteiger partial charge < -0.3 is 5.21 Å². The predicted octanol–water partition coefficient (Wildman–Crippen LogP) is 5.22. The third kappa shape index (κ3) is 2.86. The van der Waals surface area contributed by atoms with E-state index in [0.717, 1.165) is 36.1 Å². The zero-order valence-electron chi connectivity index (χ0n) is 16.3. The summed E-state index contributed by atoms with van der Waals surface area (Å²) in [4.78, 5) is 0. The van der Waals surface area contributed by atoms with Crippen LogP contribution in [-0.4, -0.2) is 21.1 Å². The number of aromatic nitrogens is 2. The maximum absolute atomic E-state index is 14.1. The number of fused-ring (bicyclic) bond motifs is 1. The molecule has 1 atom stereocenters. The molecule has 1 saturated carbocycles. The molecule has 1 fully saturated rings. The number of H-pyrrole nitrogens is 1. The van der Waals surface area contributed by atoms with Crippen molar-refractivity contribution in [2.24, 2.45) is 11.1 Å². The van der Waals surface area contributed by atoms with Crippen LogP contribution in [0.4, 0.5) is 8.78 Å². The molecule has 2 aliphatic carbocycles. The second kappa shape index (κ2) is 7.20. The van der Waals surface area contributed by atoms with E-state index in [1.54, 1.807) is 6.07 Å². The second-order valence-electron chi connectivity index (χ2n) is 8.05. The first kappa shape index (κ1) is 18.7. The molecule has 2 aliphatic rings. The molecule has 6 heteroatoms. The lowest BCUT2D eigenvalue weighted by molar-refractivity contribution is 0.305. The quantitative estimate of drug-likeness (QED) is 0.355. The summed E-state index contributed by atoms with van der Waals surface area (Å²) in [7, 11) is 0. The third-order valence-electron chi connectivity index (χ3n) is 6.44. The Labute approximate surface area is 173 Å². The summed E-state index contributed by atoms with van der Waals surface area (Å²) >= 11 is 0. The Balaban J connectivity index is 1.63. The molecule has 0 saturated heterocycles.